The van der Waals surface area contributed by atoms with E-state index < -0.39 is 10.0 Å². The van der Waals surface area contributed by atoms with Gasteiger partial charge < -0.3 is 4.57 Å². The zero-order chi connectivity index (χ0) is 18.9. The van der Waals surface area contributed by atoms with Crippen LogP contribution < -0.4 is 4.72 Å². The van der Waals surface area contributed by atoms with Crippen molar-refractivity contribution < 1.29 is 8.42 Å². The summed E-state index contributed by atoms with van der Waals surface area (Å²) in [6, 6.07) is 3.47. The van der Waals surface area contributed by atoms with Gasteiger partial charge in [-0.15, -0.1) is 0 Å². The third-order valence-corrected chi connectivity index (χ3v) is 4.99. The molecular formula is C16H21N7O2S. The zero-order valence-electron chi connectivity index (χ0n) is 15.0. The first-order valence-electron chi connectivity index (χ1n) is 8.21. The summed E-state index contributed by atoms with van der Waals surface area (Å²) in [6.45, 7) is 7.84. The van der Waals surface area contributed by atoms with Gasteiger partial charge in [-0.1, -0.05) is 13.8 Å². The number of hydrogen-bond donors (Lipinski definition) is 1. The van der Waals surface area contributed by atoms with Gasteiger partial charge >= 0.3 is 0 Å². The van der Waals surface area contributed by atoms with Crippen LogP contribution >= 0.6 is 0 Å². The maximum absolute atomic E-state index is 12.7. The van der Waals surface area contributed by atoms with E-state index in [-0.39, 0.29) is 28.8 Å². The monoisotopic (exact) mass is 375 g/mol. The zero-order valence-corrected chi connectivity index (χ0v) is 15.8. The second-order valence-electron chi connectivity index (χ2n) is 6.43. The van der Waals surface area contributed by atoms with Gasteiger partial charge in [0.2, 0.25) is 0 Å². The number of nitrogens with one attached hydrogen (secondary N) is 1. The van der Waals surface area contributed by atoms with Gasteiger partial charge in [-0.25, -0.2) is 15.0 Å². The summed E-state index contributed by atoms with van der Waals surface area (Å²) in [5, 5.41) is 4.37. The summed E-state index contributed by atoms with van der Waals surface area (Å²) in [4.78, 5) is 12.3. The van der Waals surface area contributed by atoms with E-state index >= 15 is 0 Å². The molecule has 0 spiro atoms. The van der Waals surface area contributed by atoms with Crippen molar-refractivity contribution in [3.63, 3.8) is 0 Å². The summed E-state index contributed by atoms with van der Waals surface area (Å²) in [6.07, 6.45) is 6.13. The minimum absolute atomic E-state index is 0.0565. The van der Waals surface area contributed by atoms with Crippen molar-refractivity contribution in [2.75, 3.05) is 4.72 Å². The average Bonchev–Trinajstić information content (AvgIpc) is 3.23. The van der Waals surface area contributed by atoms with Gasteiger partial charge in [-0.05, 0) is 25.8 Å². The number of imidazole rings is 1. The van der Waals surface area contributed by atoms with Crippen LogP contribution in [0.2, 0.25) is 0 Å². The minimum atomic E-state index is -3.87. The molecule has 0 aliphatic carbocycles. The SMILES string of the molecule is CC(C)c1cc(NS(=O)(=O)c2cn(C(C)C)cn2)n(-c2ncccn2)n1. The highest BCUT2D eigenvalue weighted by molar-refractivity contribution is 7.92. The third-order valence-electron chi connectivity index (χ3n) is 3.75. The summed E-state index contributed by atoms with van der Waals surface area (Å²) < 4.78 is 31.1. The fourth-order valence-electron chi connectivity index (χ4n) is 2.24. The third kappa shape index (κ3) is 3.59. The molecule has 3 aromatic rings. The van der Waals surface area contributed by atoms with Gasteiger partial charge in [-0.2, -0.15) is 18.2 Å². The standard InChI is InChI=1S/C16H21N7O2S/c1-11(2)13-8-14(23(20-13)16-17-6-5-7-18-16)21-26(24,25)15-9-22(10-19-15)12(3)4/h5-12,21H,1-4H3. The molecule has 0 fully saturated rings. The fraction of sp³-hybridized carbons (Fsp3) is 0.375. The second kappa shape index (κ2) is 6.87. The van der Waals surface area contributed by atoms with Crippen LogP contribution in [0.25, 0.3) is 5.95 Å². The molecule has 0 aliphatic rings. The van der Waals surface area contributed by atoms with Crippen LogP contribution in [0.5, 0.6) is 0 Å². The molecule has 0 aromatic carbocycles. The molecule has 0 radical (unpaired) electrons. The number of rotatable bonds is 6. The van der Waals surface area contributed by atoms with E-state index in [4.69, 9.17) is 0 Å². The van der Waals surface area contributed by atoms with Crippen LogP contribution in [-0.2, 0) is 10.0 Å². The molecule has 0 saturated heterocycles. The summed E-state index contributed by atoms with van der Waals surface area (Å²) >= 11 is 0. The highest BCUT2D eigenvalue weighted by Gasteiger charge is 2.22. The van der Waals surface area contributed by atoms with E-state index in [1.165, 1.54) is 17.2 Å². The molecule has 3 aromatic heterocycles. The van der Waals surface area contributed by atoms with E-state index in [0.29, 0.717) is 0 Å². The van der Waals surface area contributed by atoms with Crippen molar-refractivity contribution in [1.29, 1.82) is 0 Å². The maximum Gasteiger partial charge on any atom is 0.282 e. The predicted molar refractivity (Wildman–Crippen MR) is 96.7 cm³/mol. The molecule has 3 heterocycles. The number of nitrogens with zero attached hydrogens (tertiary/aromatic N) is 6. The second-order valence-corrected chi connectivity index (χ2v) is 8.06. The van der Waals surface area contributed by atoms with Crippen molar-refractivity contribution in [3.8, 4) is 5.95 Å². The molecule has 3 rings (SSSR count). The molecule has 0 unspecified atom stereocenters. The molecule has 26 heavy (non-hydrogen) atoms. The van der Waals surface area contributed by atoms with Crippen molar-refractivity contribution in [3.05, 3.63) is 42.7 Å². The quantitative estimate of drug-likeness (QED) is 0.709. The van der Waals surface area contributed by atoms with E-state index in [0.717, 1.165) is 5.69 Å². The molecule has 10 heteroatoms. The smallest absolute Gasteiger partial charge is 0.282 e. The Kier molecular flexibility index (Phi) is 4.77. The Morgan fingerprint density at radius 2 is 1.77 bits per heavy atom. The molecule has 0 bridgehead atoms. The number of hydrogen-bond acceptors (Lipinski definition) is 6. The predicted octanol–water partition coefficient (Wildman–Crippen LogP) is 2.36. The number of sulfonamides is 1. The van der Waals surface area contributed by atoms with Crippen molar-refractivity contribution in [2.45, 2.75) is 44.7 Å². The van der Waals surface area contributed by atoms with Gasteiger partial charge in [0.25, 0.3) is 16.0 Å². The highest BCUT2D eigenvalue weighted by Crippen LogP contribution is 2.23. The average molecular weight is 375 g/mol. The number of aromatic nitrogens is 6. The lowest BCUT2D eigenvalue weighted by molar-refractivity contribution is 0.591. The van der Waals surface area contributed by atoms with Crippen LogP contribution in [0.15, 0.2) is 42.1 Å². The Labute approximate surface area is 152 Å². The lowest BCUT2D eigenvalue weighted by atomic mass is 10.1. The Morgan fingerprint density at radius 1 is 1.08 bits per heavy atom. The van der Waals surface area contributed by atoms with Crippen molar-refractivity contribution in [1.82, 2.24) is 29.3 Å². The topological polar surface area (TPSA) is 108 Å². The van der Waals surface area contributed by atoms with E-state index in [2.05, 4.69) is 24.8 Å². The maximum atomic E-state index is 12.7. The molecule has 9 nitrogen and oxygen atoms in total. The fourth-order valence-corrected chi connectivity index (χ4v) is 3.21. The normalized spacial score (nSPS) is 12.1. The van der Waals surface area contributed by atoms with Crippen LogP contribution in [0.4, 0.5) is 5.82 Å². The lowest BCUT2D eigenvalue weighted by Crippen LogP contribution is -2.17. The summed E-state index contributed by atoms with van der Waals surface area (Å²) in [5.41, 5.74) is 0.725. The molecule has 1 N–H and O–H groups in total. The lowest BCUT2D eigenvalue weighted by Gasteiger charge is -2.08. The first kappa shape index (κ1) is 18.1. The van der Waals surface area contributed by atoms with Crippen LogP contribution in [0.1, 0.15) is 45.3 Å². The van der Waals surface area contributed by atoms with Gasteiger partial charge in [-0.3, -0.25) is 4.72 Å². The van der Waals surface area contributed by atoms with Gasteiger partial charge in [0.15, 0.2) is 5.03 Å². The van der Waals surface area contributed by atoms with Gasteiger partial charge in [0.05, 0.1) is 12.0 Å². The first-order chi connectivity index (χ1) is 12.3. The Morgan fingerprint density at radius 3 is 2.35 bits per heavy atom. The van der Waals surface area contributed by atoms with Gasteiger partial charge in [0.1, 0.15) is 5.82 Å². The summed E-state index contributed by atoms with van der Waals surface area (Å²) in [5.74, 6) is 0.659. The molecule has 0 aliphatic heterocycles. The van der Waals surface area contributed by atoms with Crippen LogP contribution in [0.3, 0.4) is 0 Å². The molecule has 0 saturated carbocycles. The van der Waals surface area contributed by atoms with E-state index in [1.807, 2.05) is 27.7 Å². The Hall–Kier alpha value is -2.75. The largest absolute Gasteiger partial charge is 0.334 e. The van der Waals surface area contributed by atoms with E-state index in [1.54, 1.807) is 29.1 Å². The molecular weight excluding hydrogens is 354 g/mol. The van der Waals surface area contributed by atoms with E-state index in [9.17, 15) is 8.42 Å². The van der Waals surface area contributed by atoms with Gasteiger partial charge in [0, 0.05) is 30.7 Å². The number of anilines is 1. The van der Waals surface area contributed by atoms with Crippen molar-refractivity contribution in [2.24, 2.45) is 0 Å². The molecule has 138 valence electrons. The Bertz CT molecular complexity index is 991. The van der Waals surface area contributed by atoms with Crippen molar-refractivity contribution >= 4 is 15.8 Å². The minimum Gasteiger partial charge on any atom is -0.334 e. The highest BCUT2D eigenvalue weighted by atomic mass is 32.2. The molecule has 0 atom stereocenters. The van der Waals surface area contributed by atoms with Crippen LogP contribution in [-0.4, -0.2) is 37.7 Å². The summed E-state index contributed by atoms with van der Waals surface area (Å²) in [7, 11) is -3.87. The van der Waals surface area contributed by atoms with Crippen LogP contribution in [0, 0.1) is 0 Å². The first-order valence-corrected chi connectivity index (χ1v) is 9.70. The molecule has 0 amide bonds. The Balaban J connectivity index is 2.00.